The molecule has 1 N–H and O–H groups in total. The van der Waals surface area contributed by atoms with Gasteiger partial charge in [0, 0.05) is 45.1 Å². The molecule has 1 aliphatic heterocycles. The molecule has 3 heterocycles. The van der Waals surface area contributed by atoms with Gasteiger partial charge in [0.1, 0.15) is 0 Å². The minimum atomic E-state index is 0.974. The number of pyridine rings is 1. The van der Waals surface area contributed by atoms with E-state index in [1.54, 1.807) is 0 Å². The predicted molar refractivity (Wildman–Crippen MR) is 92.4 cm³/mol. The highest BCUT2D eigenvalue weighted by Gasteiger charge is 2.17. The van der Waals surface area contributed by atoms with Gasteiger partial charge in [-0.25, -0.2) is 4.98 Å². The zero-order chi connectivity index (χ0) is 15.5. The first-order chi connectivity index (χ1) is 11.4. The first kappa shape index (κ1) is 14.2. The highest BCUT2D eigenvalue weighted by Crippen LogP contribution is 2.18. The number of rotatable bonds is 3. The van der Waals surface area contributed by atoms with Gasteiger partial charge >= 0.3 is 0 Å². The maximum atomic E-state index is 4.73. The van der Waals surface area contributed by atoms with E-state index in [1.165, 1.54) is 5.56 Å². The van der Waals surface area contributed by atoms with E-state index < -0.39 is 0 Å². The number of imidazole rings is 1. The van der Waals surface area contributed by atoms with Gasteiger partial charge in [-0.1, -0.05) is 18.2 Å². The molecule has 5 nitrogen and oxygen atoms in total. The van der Waals surface area contributed by atoms with Crippen molar-refractivity contribution in [3.63, 3.8) is 0 Å². The molecule has 0 unspecified atom stereocenters. The summed E-state index contributed by atoms with van der Waals surface area (Å²) in [6, 6.07) is 12.4. The summed E-state index contributed by atoms with van der Waals surface area (Å²) in [5, 5.41) is 0. The van der Waals surface area contributed by atoms with Crippen LogP contribution in [0.4, 0.5) is 5.95 Å². The molecule has 0 atom stereocenters. The molecule has 1 aliphatic rings. The summed E-state index contributed by atoms with van der Waals surface area (Å²) in [6.07, 6.45) is 4.94. The van der Waals surface area contributed by atoms with Crippen LogP contribution < -0.4 is 4.90 Å². The Labute approximate surface area is 136 Å². The Morgan fingerprint density at radius 3 is 2.83 bits per heavy atom. The monoisotopic (exact) mass is 307 g/mol. The smallest absolute Gasteiger partial charge is 0.203 e. The van der Waals surface area contributed by atoms with E-state index in [1.807, 2.05) is 30.6 Å². The van der Waals surface area contributed by atoms with Crippen molar-refractivity contribution in [3.05, 3.63) is 54.4 Å². The minimum absolute atomic E-state index is 0.974. The molecular formula is C18H21N5. The fraction of sp³-hybridized carbons (Fsp3) is 0.333. The number of aromatic nitrogens is 3. The van der Waals surface area contributed by atoms with Crippen molar-refractivity contribution in [1.82, 2.24) is 19.9 Å². The highest BCUT2D eigenvalue weighted by molar-refractivity contribution is 5.77. The maximum absolute atomic E-state index is 4.73. The van der Waals surface area contributed by atoms with E-state index in [0.29, 0.717) is 0 Å². The number of fused-ring (bicyclic) bond motifs is 1. The Hall–Kier alpha value is -2.40. The van der Waals surface area contributed by atoms with Crippen molar-refractivity contribution in [1.29, 1.82) is 0 Å². The Morgan fingerprint density at radius 1 is 1.00 bits per heavy atom. The molecule has 4 rings (SSSR count). The van der Waals surface area contributed by atoms with Gasteiger partial charge in [0.25, 0.3) is 0 Å². The van der Waals surface area contributed by atoms with Crippen LogP contribution in [-0.2, 0) is 6.54 Å². The summed E-state index contributed by atoms with van der Waals surface area (Å²) < 4.78 is 0. The average molecular weight is 307 g/mol. The molecule has 0 saturated carbocycles. The number of anilines is 1. The van der Waals surface area contributed by atoms with Crippen LogP contribution in [0.15, 0.2) is 48.8 Å². The molecule has 0 spiro atoms. The van der Waals surface area contributed by atoms with Crippen LogP contribution in [0.5, 0.6) is 0 Å². The van der Waals surface area contributed by atoms with Gasteiger partial charge in [-0.2, -0.15) is 0 Å². The van der Waals surface area contributed by atoms with E-state index in [0.717, 1.165) is 56.1 Å². The Bertz CT molecular complexity index is 734. The Morgan fingerprint density at radius 2 is 1.96 bits per heavy atom. The summed E-state index contributed by atoms with van der Waals surface area (Å²) in [5.41, 5.74) is 3.43. The van der Waals surface area contributed by atoms with Crippen molar-refractivity contribution in [2.75, 3.05) is 31.1 Å². The predicted octanol–water partition coefficient (Wildman–Crippen LogP) is 2.67. The quantitative estimate of drug-likeness (QED) is 0.808. The lowest BCUT2D eigenvalue weighted by molar-refractivity contribution is 0.285. The number of benzene rings is 1. The van der Waals surface area contributed by atoms with Crippen LogP contribution in [0, 0.1) is 0 Å². The summed E-state index contributed by atoms with van der Waals surface area (Å²) in [5.74, 6) is 0.995. The number of nitrogens with zero attached hydrogens (tertiary/aromatic N) is 4. The fourth-order valence-corrected chi connectivity index (χ4v) is 3.18. The third kappa shape index (κ3) is 3.19. The summed E-state index contributed by atoms with van der Waals surface area (Å²) in [6.45, 7) is 5.18. The molecular weight excluding hydrogens is 286 g/mol. The second-order valence-electron chi connectivity index (χ2n) is 6.06. The van der Waals surface area contributed by atoms with Gasteiger partial charge in [-0.05, 0) is 30.2 Å². The average Bonchev–Trinajstić information content (AvgIpc) is 2.89. The number of hydrogen-bond acceptors (Lipinski definition) is 4. The molecule has 2 aromatic heterocycles. The number of H-pyrrole nitrogens is 1. The largest absolute Gasteiger partial charge is 0.341 e. The Balaban J connectivity index is 1.44. The van der Waals surface area contributed by atoms with Crippen LogP contribution in [0.1, 0.15) is 12.0 Å². The fourth-order valence-electron chi connectivity index (χ4n) is 3.18. The van der Waals surface area contributed by atoms with Gasteiger partial charge in [0.05, 0.1) is 11.0 Å². The van der Waals surface area contributed by atoms with Crippen LogP contribution in [0.25, 0.3) is 11.0 Å². The third-order valence-electron chi connectivity index (χ3n) is 4.39. The van der Waals surface area contributed by atoms with Gasteiger partial charge in [-0.15, -0.1) is 0 Å². The van der Waals surface area contributed by atoms with Gasteiger partial charge in [0.15, 0.2) is 0 Å². The second-order valence-corrected chi connectivity index (χ2v) is 6.06. The summed E-state index contributed by atoms with van der Waals surface area (Å²) in [4.78, 5) is 17.2. The van der Waals surface area contributed by atoms with Crippen molar-refractivity contribution < 1.29 is 0 Å². The van der Waals surface area contributed by atoms with E-state index >= 15 is 0 Å². The zero-order valence-corrected chi connectivity index (χ0v) is 13.2. The van der Waals surface area contributed by atoms with E-state index in [-0.39, 0.29) is 0 Å². The first-order valence-electron chi connectivity index (χ1n) is 8.19. The van der Waals surface area contributed by atoms with E-state index in [2.05, 4.69) is 38.0 Å². The number of aromatic amines is 1. The van der Waals surface area contributed by atoms with Crippen LogP contribution in [0.3, 0.4) is 0 Å². The molecule has 0 radical (unpaired) electrons. The topological polar surface area (TPSA) is 48.1 Å². The first-order valence-corrected chi connectivity index (χ1v) is 8.19. The van der Waals surface area contributed by atoms with Gasteiger partial charge in [0.2, 0.25) is 5.95 Å². The number of nitrogens with one attached hydrogen (secondary N) is 1. The number of hydrogen-bond donors (Lipinski definition) is 1. The van der Waals surface area contributed by atoms with Gasteiger partial charge in [-0.3, -0.25) is 9.88 Å². The lowest BCUT2D eigenvalue weighted by Gasteiger charge is -2.21. The lowest BCUT2D eigenvalue weighted by Crippen LogP contribution is -2.31. The summed E-state index contributed by atoms with van der Waals surface area (Å²) >= 11 is 0. The SMILES string of the molecule is c1cncc(CN2CCCN(c3nc4ccccc4[nH]3)CC2)c1. The molecule has 0 bridgehead atoms. The standard InChI is InChI=1S/C18H21N5/c1-2-7-17-16(6-1)20-18(21-17)23-10-4-9-22(11-12-23)14-15-5-3-8-19-13-15/h1-3,5-8,13H,4,9-12,14H2,(H,20,21). The third-order valence-corrected chi connectivity index (χ3v) is 4.39. The minimum Gasteiger partial charge on any atom is -0.341 e. The zero-order valence-electron chi connectivity index (χ0n) is 13.2. The van der Waals surface area contributed by atoms with Crippen molar-refractivity contribution in [2.45, 2.75) is 13.0 Å². The van der Waals surface area contributed by atoms with Crippen molar-refractivity contribution in [2.24, 2.45) is 0 Å². The molecule has 3 aromatic rings. The van der Waals surface area contributed by atoms with E-state index in [4.69, 9.17) is 4.98 Å². The molecule has 0 amide bonds. The molecule has 1 fully saturated rings. The molecule has 1 aromatic carbocycles. The van der Waals surface area contributed by atoms with E-state index in [9.17, 15) is 0 Å². The highest BCUT2D eigenvalue weighted by atomic mass is 15.3. The Kier molecular flexibility index (Phi) is 3.94. The van der Waals surface area contributed by atoms with Crippen LogP contribution in [0.2, 0.25) is 0 Å². The lowest BCUT2D eigenvalue weighted by atomic mass is 10.2. The number of para-hydroxylation sites is 2. The van der Waals surface area contributed by atoms with Crippen LogP contribution >= 0.6 is 0 Å². The van der Waals surface area contributed by atoms with Crippen LogP contribution in [-0.4, -0.2) is 46.0 Å². The molecule has 1 saturated heterocycles. The maximum Gasteiger partial charge on any atom is 0.203 e. The van der Waals surface area contributed by atoms with Gasteiger partial charge < -0.3 is 9.88 Å². The molecule has 23 heavy (non-hydrogen) atoms. The normalized spacial score (nSPS) is 16.6. The van der Waals surface area contributed by atoms with Crippen molar-refractivity contribution in [3.8, 4) is 0 Å². The summed E-state index contributed by atoms with van der Waals surface area (Å²) in [7, 11) is 0. The molecule has 0 aliphatic carbocycles. The molecule has 5 heteroatoms. The van der Waals surface area contributed by atoms with Crippen molar-refractivity contribution >= 4 is 17.0 Å². The second kappa shape index (κ2) is 6.38. The molecule has 118 valence electrons.